The van der Waals surface area contributed by atoms with Gasteiger partial charge < -0.3 is 4.98 Å². The standard InChI is InChI=1S/C17H9F3N2OS/c18-9-4-5-10-11(6-9)17(22-16(23)12(10)7-21)24-8-13-14(19)2-1-3-15(13)20/h1-6H,8H2,(H,22,23). The molecule has 0 aliphatic heterocycles. The Balaban J connectivity index is 2.09. The minimum Gasteiger partial charge on any atom is -0.315 e. The monoisotopic (exact) mass is 346 g/mol. The molecule has 24 heavy (non-hydrogen) atoms. The third-order valence-electron chi connectivity index (χ3n) is 3.48. The number of hydrogen-bond donors (Lipinski definition) is 1. The first kappa shape index (κ1) is 16.1. The number of benzene rings is 2. The lowest BCUT2D eigenvalue weighted by Gasteiger charge is -2.09. The van der Waals surface area contributed by atoms with E-state index in [1.165, 1.54) is 18.2 Å². The van der Waals surface area contributed by atoms with Crippen LogP contribution in [0.25, 0.3) is 10.8 Å². The number of nitrogens with zero attached hydrogens (tertiary/aromatic N) is 1. The fourth-order valence-corrected chi connectivity index (χ4v) is 3.37. The summed E-state index contributed by atoms with van der Waals surface area (Å²) in [7, 11) is 0. The molecular weight excluding hydrogens is 337 g/mol. The van der Waals surface area contributed by atoms with Gasteiger partial charge in [-0.2, -0.15) is 5.26 Å². The minimum atomic E-state index is -0.700. The Kier molecular flexibility index (Phi) is 4.32. The lowest BCUT2D eigenvalue weighted by Crippen LogP contribution is -2.12. The molecule has 0 aliphatic carbocycles. The summed E-state index contributed by atoms with van der Waals surface area (Å²) in [5.74, 6) is -2.04. The Bertz CT molecular complexity index is 1020. The van der Waals surface area contributed by atoms with Crippen LogP contribution in [0.4, 0.5) is 13.2 Å². The van der Waals surface area contributed by atoms with Gasteiger partial charge in [0.25, 0.3) is 5.56 Å². The first-order valence-corrected chi connectivity index (χ1v) is 7.81. The Morgan fingerprint density at radius 1 is 1.08 bits per heavy atom. The van der Waals surface area contributed by atoms with Gasteiger partial charge in [-0.15, -0.1) is 11.8 Å². The molecular formula is C17H9F3N2OS. The van der Waals surface area contributed by atoms with Gasteiger partial charge >= 0.3 is 0 Å². The molecule has 0 saturated heterocycles. The molecule has 3 nitrogen and oxygen atoms in total. The second-order valence-electron chi connectivity index (χ2n) is 4.95. The van der Waals surface area contributed by atoms with Crippen LogP contribution >= 0.6 is 11.8 Å². The van der Waals surface area contributed by atoms with E-state index in [2.05, 4.69) is 4.98 Å². The number of nitriles is 1. The van der Waals surface area contributed by atoms with Crippen molar-refractivity contribution in [3.63, 3.8) is 0 Å². The molecule has 2 aromatic carbocycles. The van der Waals surface area contributed by atoms with Gasteiger partial charge in [0.2, 0.25) is 0 Å². The number of pyridine rings is 1. The molecule has 7 heteroatoms. The van der Waals surface area contributed by atoms with Gasteiger partial charge in [0.05, 0.1) is 5.03 Å². The van der Waals surface area contributed by atoms with E-state index >= 15 is 0 Å². The van der Waals surface area contributed by atoms with Crippen molar-refractivity contribution in [2.24, 2.45) is 0 Å². The van der Waals surface area contributed by atoms with Gasteiger partial charge in [-0.1, -0.05) is 6.07 Å². The zero-order valence-electron chi connectivity index (χ0n) is 12.1. The molecule has 3 aromatic rings. The molecule has 0 atom stereocenters. The predicted molar refractivity (Wildman–Crippen MR) is 85.2 cm³/mol. The molecule has 0 amide bonds. The van der Waals surface area contributed by atoms with E-state index in [-0.39, 0.29) is 21.9 Å². The Hall–Kier alpha value is -2.72. The van der Waals surface area contributed by atoms with Gasteiger partial charge in [0.1, 0.15) is 29.1 Å². The molecule has 0 spiro atoms. The molecule has 0 saturated carbocycles. The highest BCUT2D eigenvalue weighted by molar-refractivity contribution is 7.98. The number of aromatic amines is 1. The first-order chi connectivity index (χ1) is 11.5. The van der Waals surface area contributed by atoms with Crippen LogP contribution in [0.15, 0.2) is 46.2 Å². The van der Waals surface area contributed by atoms with Crippen molar-refractivity contribution >= 4 is 22.5 Å². The lowest BCUT2D eigenvalue weighted by molar-refractivity contribution is 0.566. The van der Waals surface area contributed by atoms with E-state index in [0.29, 0.717) is 10.8 Å². The number of aromatic nitrogens is 1. The van der Waals surface area contributed by atoms with Crippen LogP contribution in [-0.4, -0.2) is 4.98 Å². The normalized spacial score (nSPS) is 10.8. The van der Waals surface area contributed by atoms with Crippen molar-refractivity contribution in [3.05, 3.63) is 75.3 Å². The molecule has 1 N–H and O–H groups in total. The fourth-order valence-electron chi connectivity index (χ4n) is 2.32. The van der Waals surface area contributed by atoms with Crippen molar-refractivity contribution in [1.29, 1.82) is 5.26 Å². The Morgan fingerprint density at radius 2 is 1.79 bits per heavy atom. The van der Waals surface area contributed by atoms with Gasteiger partial charge in [-0.05, 0) is 30.3 Å². The van der Waals surface area contributed by atoms with Crippen molar-refractivity contribution in [1.82, 2.24) is 4.98 Å². The van der Waals surface area contributed by atoms with Gasteiger partial charge in [-0.25, -0.2) is 13.2 Å². The summed E-state index contributed by atoms with van der Waals surface area (Å²) in [6, 6.07) is 8.97. The second kappa shape index (κ2) is 6.42. The summed E-state index contributed by atoms with van der Waals surface area (Å²) in [4.78, 5) is 14.5. The van der Waals surface area contributed by atoms with Crippen LogP contribution < -0.4 is 5.56 Å². The number of hydrogen-bond acceptors (Lipinski definition) is 3. The van der Waals surface area contributed by atoms with E-state index in [0.717, 1.165) is 30.0 Å². The Morgan fingerprint density at radius 3 is 2.46 bits per heavy atom. The summed E-state index contributed by atoms with van der Waals surface area (Å²) in [6.07, 6.45) is 0. The average Bonchev–Trinajstić information content (AvgIpc) is 2.54. The van der Waals surface area contributed by atoms with E-state index < -0.39 is 23.0 Å². The van der Waals surface area contributed by atoms with Gasteiger partial charge in [-0.3, -0.25) is 4.79 Å². The average molecular weight is 346 g/mol. The van der Waals surface area contributed by atoms with Crippen LogP contribution in [0.1, 0.15) is 11.1 Å². The molecule has 1 heterocycles. The van der Waals surface area contributed by atoms with E-state index in [4.69, 9.17) is 5.26 Å². The van der Waals surface area contributed by atoms with Crippen molar-refractivity contribution in [2.45, 2.75) is 10.8 Å². The maximum atomic E-state index is 13.7. The number of thioether (sulfide) groups is 1. The maximum Gasteiger partial charge on any atom is 0.267 e. The maximum absolute atomic E-state index is 13.7. The van der Waals surface area contributed by atoms with Crippen LogP contribution in [0.5, 0.6) is 0 Å². The zero-order valence-corrected chi connectivity index (χ0v) is 12.9. The van der Waals surface area contributed by atoms with Crippen LogP contribution in [0, 0.1) is 28.8 Å². The summed E-state index contributed by atoms with van der Waals surface area (Å²) in [6.45, 7) is 0. The number of H-pyrrole nitrogens is 1. The molecule has 0 unspecified atom stereocenters. The van der Waals surface area contributed by atoms with E-state index in [9.17, 15) is 18.0 Å². The Labute approximate surface area is 138 Å². The summed E-state index contributed by atoms with van der Waals surface area (Å²) < 4.78 is 40.9. The van der Waals surface area contributed by atoms with Crippen LogP contribution in [0.2, 0.25) is 0 Å². The predicted octanol–water partition coefficient (Wildman–Crippen LogP) is 4.11. The largest absolute Gasteiger partial charge is 0.315 e. The quantitative estimate of drug-likeness (QED) is 0.726. The highest BCUT2D eigenvalue weighted by Gasteiger charge is 2.14. The van der Waals surface area contributed by atoms with Gasteiger partial charge in [0.15, 0.2) is 0 Å². The highest BCUT2D eigenvalue weighted by Crippen LogP contribution is 2.30. The molecule has 1 aromatic heterocycles. The minimum absolute atomic E-state index is 0.0913. The SMILES string of the molecule is N#Cc1c(=O)[nH]c(SCc2c(F)cccc2F)c2cc(F)ccc12. The molecule has 120 valence electrons. The summed E-state index contributed by atoms with van der Waals surface area (Å²) >= 11 is 0.962. The molecule has 3 rings (SSSR count). The molecule has 0 fully saturated rings. The fraction of sp³-hybridized carbons (Fsp3) is 0.0588. The van der Waals surface area contributed by atoms with Gasteiger partial charge in [0, 0.05) is 22.1 Å². The van der Waals surface area contributed by atoms with Crippen LogP contribution in [0.3, 0.4) is 0 Å². The first-order valence-electron chi connectivity index (χ1n) is 6.82. The number of nitrogens with one attached hydrogen (secondary N) is 1. The highest BCUT2D eigenvalue weighted by atomic mass is 32.2. The number of fused-ring (bicyclic) bond motifs is 1. The third kappa shape index (κ3) is 2.88. The molecule has 0 radical (unpaired) electrons. The van der Waals surface area contributed by atoms with E-state index in [1.54, 1.807) is 6.07 Å². The molecule has 0 bridgehead atoms. The topological polar surface area (TPSA) is 56.6 Å². The van der Waals surface area contributed by atoms with E-state index in [1.807, 2.05) is 0 Å². The third-order valence-corrected chi connectivity index (χ3v) is 4.53. The summed E-state index contributed by atoms with van der Waals surface area (Å²) in [5, 5.41) is 9.94. The van der Waals surface area contributed by atoms with Crippen molar-refractivity contribution in [3.8, 4) is 6.07 Å². The number of rotatable bonds is 3. The zero-order chi connectivity index (χ0) is 17.3. The summed E-state index contributed by atoms with van der Waals surface area (Å²) in [5.41, 5.74) is -0.906. The molecule has 0 aliphatic rings. The number of halogens is 3. The van der Waals surface area contributed by atoms with Crippen molar-refractivity contribution < 1.29 is 13.2 Å². The lowest BCUT2D eigenvalue weighted by atomic mass is 10.1. The van der Waals surface area contributed by atoms with Crippen LogP contribution in [-0.2, 0) is 5.75 Å². The smallest absolute Gasteiger partial charge is 0.267 e. The second-order valence-corrected chi connectivity index (χ2v) is 5.93. The van der Waals surface area contributed by atoms with Crippen molar-refractivity contribution in [2.75, 3.05) is 0 Å².